The molecule has 0 aliphatic carbocycles. The van der Waals surface area contributed by atoms with Crippen LogP contribution in [0.3, 0.4) is 0 Å². The predicted molar refractivity (Wildman–Crippen MR) is 78.6 cm³/mol. The maximum absolute atomic E-state index is 12.5. The molecule has 116 valence electrons. The van der Waals surface area contributed by atoms with Gasteiger partial charge in [-0.1, -0.05) is 20.8 Å². The highest BCUT2D eigenvalue weighted by molar-refractivity contribution is 5.79. The van der Waals surface area contributed by atoms with E-state index >= 15 is 0 Å². The molecule has 2 amide bonds. The highest BCUT2D eigenvalue weighted by atomic mass is 16.4. The number of carbonyl (C=O) groups is 2. The number of aliphatic carboxylic acids is 1. The summed E-state index contributed by atoms with van der Waals surface area (Å²) in [6, 6.07) is 0.0928. The fourth-order valence-electron chi connectivity index (χ4n) is 2.75. The molecule has 1 rings (SSSR count). The summed E-state index contributed by atoms with van der Waals surface area (Å²) in [7, 11) is 1.80. The molecule has 0 aromatic heterocycles. The van der Waals surface area contributed by atoms with E-state index in [1.165, 1.54) is 0 Å². The van der Waals surface area contributed by atoms with Crippen LogP contribution in [0.1, 0.15) is 47.0 Å². The van der Waals surface area contributed by atoms with Gasteiger partial charge in [-0.2, -0.15) is 0 Å². The van der Waals surface area contributed by atoms with Crippen LogP contribution in [0.2, 0.25) is 0 Å². The molecule has 2 atom stereocenters. The van der Waals surface area contributed by atoms with Crippen molar-refractivity contribution in [2.24, 2.45) is 11.3 Å². The standard InChI is InChI=1S/C15H28N2O3/c1-6-15(13(18)19)8-7-9-17(10-15)14(20)16(5)12(4)11(2)3/h11-12H,6-10H2,1-5H3,(H,18,19). The molecule has 1 saturated heterocycles. The van der Waals surface area contributed by atoms with E-state index in [9.17, 15) is 14.7 Å². The molecule has 5 nitrogen and oxygen atoms in total. The normalized spacial score (nSPS) is 24.6. The minimum atomic E-state index is -0.780. The summed E-state index contributed by atoms with van der Waals surface area (Å²) in [4.78, 5) is 27.5. The Hall–Kier alpha value is -1.26. The van der Waals surface area contributed by atoms with Gasteiger partial charge in [-0.3, -0.25) is 4.79 Å². The summed E-state index contributed by atoms with van der Waals surface area (Å²) in [6.07, 6.45) is 1.98. The number of amides is 2. The van der Waals surface area contributed by atoms with E-state index < -0.39 is 11.4 Å². The van der Waals surface area contributed by atoms with Crippen molar-refractivity contribution in [1.29, 1.82) is 0 Å². The largest absolute Gasteiger partial charge is 0.481 e. The van der Waals surface area contributed by atoms with Crippen molar-refractivity contribution in [2.45, 2.75) is 53.0 Å². The Morgan fingerprint density at radius 2 is 1.95 bits per heavy atom. The Labute approximate surface area is 121 Å². The second-order valence-electron chi connectivity index (χ2n) is 6.34. The molecule has 2 unspecified atom stereocenters. The first-order valence-electron chi connectivity index (χ1n) is 7.50. The van der Waals surface area contributed by atoms with Gasteiger partial charge in [-0.15, -0.1) is 0 Å². The molecule has 0 aromatic rings. The van der Waals surface area contributed by atoms with E-state index in [0.29, 0.717) is 31.8 Å². The van der Waals surface area contributed by atoms with Gasteiger partial charge in [0.2, 0.25) is 0 Å². The fourth-order valence-corrected chi connectivity index (χ4v) is 2.75. The monoisotopic (exact) mass is 284 g/mol. The minimum Gasteiger partial charge on any atom is -0.481 e. The van der Waals surface area contributed by atoms with Crippen LogP contribution < -0.4 is 0 Å². The summed E-state index contributed by atoms with van der Waals surface area (Å²) < 4.78 is 0. The first-order valence-corrected chi connectivity index (χ1v) is 7.50. The van der Waals surface area contributed by atoms with Crippen molar-refractivity contribution in [3.8, 4) is 0 Å². The van der Waals surface area contributed by atoms with Crippen molar-refractivity contribution in [1.82, 2.24) is 9.80 Å². The average molecular weight is 284 g/mol. The molecule has 20 heavy (non-hydrogen) atoms. The lowest BCUT2D eigenvalue weighted by molar-refractivity contribution is -0.152. The Kier molecular flexibility index (Phi) is 5.42. The molecule has 0 saturated carbocycles. The number of rotatable bonds is 4. The lowest BCUT2D eigenvalue weighted by atomic mass is 9.78. The smallest absolute Gasteiger partial charge is 0.320 e. The molecule has 1 heterocycles. The van der Waals surface area contributed by atoms with E-state index in [4.69, 9.17) is 0 Å². The Morgan fingerprint density at radius 3 is 2.40 bits per heavy atom. The quantitative estimate of drug-likeness (QED) is 0.863. The van der Waals surface area contributed by atoms with Crippen LogP contribution in [0, 0.1) is 11.3 Å². The number of urea groups is 1. The van der Waals surface area contributed by atoms with E-state index in [-0.39, 0.29) is 12.1 Å². The molecule has 1 aliphatic heterocycles. The molecule has 5 heteroatoms. The van der Waals surface area contributed by atoms with Crippen LogP contribution in [0.4, 0.5) is 4.79 Å². The molecular weight excluding hydrogens is 256 g/mol. The highest BCUT2D eigenvalue weighted by Gasteiger charge is 2.42. The zero-order valence-corrected chi connectivity index (χ0v) is 13.3. The van der Waals surface area contributed by atoms with Crippen LogP contribution >= 0.6 is 0 Å². The van der Waals surface area contributed by atoms with Gasteiger partial charge >= 0.3 is 12.0 Å². The van der Waals surface area contributed by atoms with Gasteiger partial charge in [0.05, 0.1) is 5.41 Å². The topological polar surface area (TPSA) is 60.9 Å². The van der Waals surface area contributed by atoms with Gasteiger partial charge in [0.15, 0.2) is 0 Å². The third kappa shape index (κ3) is 3.25. The lowest BCUT2D eigenvalue weighted by Gasteiger charge is -2.42. The zero-order valence-electron chi connectivity index (χ0n) is 13.3. The van der Waals surface area contributed by atoms with Crippen molar-refractivity contribution in [3.63, 3.8) is 0 Å². The number of piperidine rings is 1. The van der Waals surface area contributed by atoms with E-state index in [1.54, 1.807) is 16.8 Å². The Morgan fingerprint density at radius 1 is 1.35 bits per heavy atom. The Balaban J connectivity index is 2.81. The van der Waals surface area contributed by atoms with E-state index in [1.807, 2.05) is 13.8 Å². The molecule has 0 bridgehead atoms. The van der Waals surface area contributed by atoms with Gasteiger partial charge in [0.1, 0.15) is 0 Å². The maximum atomic E-state index is 12.5. The van der Waals surface area contributed by atoms with Gasteiger partial charge in [-0.05, 0) is 32.1 Å². The molecule has 0 radical (unpaired) electrons. The lowest BCUT2D eigenvalue weighted by Crippen LogP contribution is -2.54. The third-order valence-electron chi connectivity index (χ3n) is 4.86. The fraction of sp³-hybridized carbons (Fsp3) is 0.867. The summed E-state index contributed by atoms with van der Waals surface area (Å²) in [5.41, 5.74) is -0.768. The summed E-state index contributed by atoms with van der Waals surface area (Å²) in [6.45, 7) is 9.06. The molecule has 0 aromatic carbocycles. The number of hydrogen-bond acceptors (Lipinski definition) is 2. The second kappa shape index (κ2) is 6.46. The predicted octanol–water partition coefficient (Wildman–Crippen LogP) is 2.66. The van der Waals surface area contributed by atoms with Crippen molar-refractivity contribution < 1.29 is 14.7 Å². The minimum absolute atomic E-state index is 0.0509. The first kappa shape index (κ1) is 16.8. The van der Waals surface area contributed by atoms with Crippen molar-refractivity contribution in [3.05, 3.63) is 0 Å². The average Bonchev–Trinajstić information content (AvgIpc) is 2.44. The van der Waals surface area contributed by atoms with Gasteiger partial charge in [0, 0.05) is 26.2 Å². The summed E-state index contributed by atoms with van der Waals surface area (Å²) >= 11 is 0. The van der Waals surface area contributed by atoms with Gasteiger partial charge in [0.25, 0.3) is 0 Å². The number of carboxylic acid groups (broad SMARTS) is 1. The van der Waals surface area contributed by atoms with Crippen LogP contribution in [0.15, 0.2) is 0 Å². The summed E-state index contributed by atoms with van der Waals surface area (Å²) in [5.74, 6) is -0.402. The van der Waals surface area contributed by atoms with E-state index in [0.717, 1.165) is 6.42 Å². The molecule has 1 aliphatic rings. The van der Waals surface area contributed by atoms with Crippen LogP contribution in [-0.2, 0) is 4.79 Å². The van der Waals surface area contributed by atoms with Crippen molar-refractivity contribution in [2.75, 3.05) is 20.1 Å². The van der Waals surface area contributed by atoms with Gasteiger partial charge in [-0.25, -0.2) is 4.79 Å². The number of likely N-dealkylation sites (tertiary alicyclic amines) is 1. The Bertz CT molecular complexity index is 370. The molecule has 0 spiro atoms. The first-order chi connectivity index (χ1) is 9.25. The van der Waals surface area contributed by atoms with Crippen LogP contribution in [-0.4, -0.2) is 53.1 Å². The molecular formula is C15H28N2O3. The summed E-state index contributed by atoms with van der Waals surface area (Å²) in [5, 5.41) is 9.47. The number of carbonyl (C=O) groups excluding carboxylic acids is 1. The molecule has 1 fully saturated rings. The van der Waals surface area contributed by atoms with Crippen LogP contribution in [0.25, 0.3) is 0 Å². The number of carboxylic acids is 1. The second-order valence-corrected chi connectivity index (χ2v) is 6.34. The van der Waals surface area contributed by atoms with Gasteiger partial charge < -0.3 is 14.9 Å². The maximum Gasteiger partial charge on any atom is 0.320 e. The highest BCUT2D eigenvalue weighted by Crippen LogP contribution is 2.34. The third-order valence-corrected chi connectivity index (χ3v) is 4.86. The number of hydrogen-bond donors (Lipinski definition) is 1. The number of nitrogens with zero attached hydrogens (tertiary/aromatic N) is 2. The van der Waals surface area contributed by atoms with Crippen LogP contribution in [0.5, 0.6) is 0 Å². The van der Waals surface area contributed by atoms with Crippen molar-refractivity contribution >= 4 is 12.0 Å². The molecule has 1 N–H and O–H groups in total. The SMILES string of the molecule is CCC1(C(=O)O)CCCN(C(=O)N(C)C(C)C(C)C)C1. The van der Waals surface area contributed by atoms with E-state index in [2.05, 4.69) is 13.8 Å². The zero-order chi connectivity index (χ0) is 15.5.